The first kappa shape index (κ1) is 13.7. The average molecular weight is 287 g/mol. The first-order chi connectivity index (χ1) is 8.47. The van der Waals surface area contributed by atoms with Crippen molar-refractivity contribution in [2.75, 3.05) is 19.3 Å². The third-order valence-corrected chi connectivity index (χ3v) is 5.22. The number of carbonyl (C=O) groups is 1. The first-order valence-corrected chi connectivity index (χ1v) is 8.76. The molecule has 6 heteroatoms. The van der Waals surface area contributed by atoms with Crippen molar-refractivity contribution in [1.82, 2.24) is 4.31 Å². The molecule has 100 valence electrons. The minimum atomic E-state index is -3.12. The molecule has 0 amide bonds. The largest absolute Gasteiger partial charge is 0.294 e. The van der Waals surface area contributed by atoms with E-state index < -0.39 is 10.0 Å². The summed E-state index contributed by atoms with van der Waals surface area (Å²) in [6.07, 6.45) is 3.45. The maximum Gasteiger partial charge on any atom is 0.211 e. The van der Waals surface area contributed by atoms with Crippen LogP contribution in [0.25, 0.3) is 0 Å². The van der Waals surface area contributed by atoms with Crippen molar-refractivity contribution in [3.8, 4) is 0 Å². The molecule has 2 rings (SSSR count). The van der Waals surface area contributed by atoms with Crippen LogP contribution in [0.2, 0.25) is 0 Å². The quantitative estimate of drug-likeness (QED) is 0.796. The van der Waals surface area contributed by atoms with E-state index in [9.17, 15) is 13.2 Å². The second kappa shape index (κ2) is 5.50. The monoisotopic (exact) mass is 287 g/mol. The number of thiophene rings is 1. The van der Waals surface area contributed by atoms with E-state index in [0.29, 0.717) is 19.5 Å². The molecule has 0 N–H and O–H groups in total. The number of hydrogen-bond acceptors (Lipinski definition) is 4. The summed E-state index contributed by atoms with van der Waals surface area (Å²) in [4.78, 5) is 12.0. The number of Topliss-reactive ketones (excluding diaryl/α,β-unsaturated/α-hetero) is 1. The molecule has 0 bridgehead atoms. The number of piperidine rings is 1. The van der Waals surface area contributed by atoms with Gasteiger partial charge in [0.15, 0.2) is 5.78 Å². The lowest BCUT2D eigenvalue weighted by molar-refractivity contribution is 0.0943. The van der Waals surface area contributed by atoms with Gasteiger partial charge in [-0.15, -0.1) is 0 Å². The van der Waals surface area contributed by atoms with Gasteiger partial charge in [-0.25, -0.2) is 12.7 Å². The number of nitrogens with zero attached hydrogens (tertiary/aromatic N) is 1. The van der Waals surface area contributed by atoms with Gasteiger partial charge in [0.05, 0.1) is 6.26 Å². The molecule has 1 aromatic heterocycles. The fourth-order valence-electron chi connectivity index (χ4n) is 2.30. The van der Waals surface area contributed by atoms with Crippen molar-refractivity contribution in [3.05, 3.63) is 22.4 Å². The molecule has 1 fully saturated rings. The van der Waals surface area contributed by atoms with Crippen LogP contribution >= 0.6 is 11.3 Å². The van der Waals surface area contributed by atoms with Gasteiger partial charge in [-0.3, -0.25) is 4.79 Å². The van der Waals surface area contributed by atoms with Gasteiger partial charge in [-0.1, -0.05) is 0 Å². The molecule has 0 aromatic carbocycles. The lowest BCUT2D eigenvalue weighted by atomic mass is 9.92. The summed E-state index contributed by atoms with van der Waals surface area (Å²) in [5.74, 6) is 0.275. The number of sulfonamides is 1. The molecule has 1 aliphatic rings. The van der Waals surface area contributed by atoms with E-state index in [-0.39, 0.29) is 11.7 Å². The molecule has 1 aliphatic heterocycles. The zero-order valence-corrected chi connectivity index (χ0v) is 12.0. The molecular weight excluding hydrogens is 270 g/mol. The van der Waals surface area contributed by atoms with Gasteiger partial charge in [-0.2, -0.15) is 11.3 Å². The summed E-state index contributed by atoms with van der Waals surface area (Å²) in [5.41, 5.74) is 0.747. The summed E-state index contributed by atoms with van der Waals surface area (Å²) in [7, 11) is -3.12. The Morgan fingerprint density at radius 1 is 1.56 bits per heavy atom. The molecule has 1 aromatic rings. The van der Waals surface area contributed by atoms with E-state index >= 15 is 0 Å². The normalized spacial score (nSPS) is 21.9. The molecule has 0 radical (unpaired) electrons. The fourth-order valence-corrected chi connectivity index (χ4v) is 3.90. The molecule has 0 spiro atoms. The van der Waals surface area contributed by atoms with Crippen LogP contribution in [0.4, 0.5) is 0 Å². The lowest BCUT2D eigenvalue weighted by Crippen LogP contribution is -2.39. The summed E-state index contributed by atoms with van der Waals surface area (Å²) in [6, 6.07) is 1.82. The third kappa shape index (κ3) is 3.40. The van der Waals surface area contributed by atoms with Gasteiger partial charge in [-0.05, 0) is 30.2 Å². The van der Waals surface area contributed by atoms with E-state index in [4.69, 9.17) is 0 Å². The zero-order valence-electron chi connectivity index (χ0n) is 10.3. The third-order valence-electron chi connectivity index (χ3n) is 3.27. The van der Waals surface area contributed by atoms with Crippen LogP contribution in [0.1, 0.15) is 29.6 Å². The number of rotatable bonds is 4. The molecular formula is C12H17NO3S2. The highest BCUT2D eigenvalue weighted by atomic mass is 32.2. The first-order valence-electron chi connectivity index (χ1n) is 5.97. The van der Waals surface area contributed by atoms with Crippen molar-refractivity contribution in [1.29, 1.82) is 0 Å². The van der Waals surface area contributed by atoms with Crippen LogP contribution < -0.4 is 0 Å². The van der Waals surface area contributed by atoms with E-state index in [1.54, 1.807) is 0 Å². The van der Waals surface area contributed by atoms with E-state index in [1.165, 1.54) is 21.9 Å². The van der Waals surface area contributed by atoms with Crippen molar-refractivity contribution < 1.29 is 13.2 Å². The molecule has 0 aliphatic carbocycles. The van der Waals surface area contributed by atoms with Gasteiger partial charge in [0.2, 0.25) is 10.0 Å². The van der Waals surface area contributed by atoms with Crippen LogP contribution in [0, 0.1) is 5.92 Å². The Labute approximate surface area is 112 Å². The van der Waals surface area contributed by atoms with Gasteiger partial charge in [0.1, 0.15) is 0 Å². The van der Waals surface area contributed by atoms with E-state index in [0.717, 1.165) is 18.4 Å². The summed E-state index contributed by atoms with van der Waals surface area (Å²) in [6.45, 7) is 1.07. The maximum atomic E-state index is 12.0. The molecule has 2 heterocycles. The number of ketones is 1. The van der Waals surface area contributed by atoms with Crippen LogP contribution in [-0.4, -0.2) is 37.9 Å². The number of hydrogen-bond donors (Lipinski definition) is 0. The molecule has 1 atom stereocenters. The predicted molar refractivity (Wildman–Crippen MR) is 72.4 cm³/mol. The Morgan fingerprint density at radius 3 is 2.94 bits per heavy atom. The highest BCUT2D eigenvalue weighted by molar-refractivity contribution is 7.88. The van der Waals surface area contributed by atoms with Gasteiger partial charge >= 0.3 is 0 Å². The minimum absolute atomic E-state index is 0.122. The Hall–Kier alpha value is -0.720. The number of carbonyl (C=O) groups excluding carboxylic acids is 1. The molecule has 18 heavy (non-hydrogen) atoms. The molecule has 4 nitrogen and oxygen atoms in total. The minimum Gasteiger partial charge on any atom is -0.294 e. The second-order valence-electron chi connectivity index (χ2n) is 4.77. The molecule has 0 saturated carbocycles. The van der Waals surface area contributed by atoms with Crippen LogP contribution in [0.3, 0.4) is 0 Å². The molecule has 1 saturated heterocycles. The average Bonchev–Trinajstić information content (AvgIpc) is 2.81. The summed E-state index contributed by atoms with van der Waals surface area (Å²) >= 11 is 1.51. The fraction of sp³-hybridized carbons (Fsp3) is 0.583. The van der Waals surface area contributed by atoms with Crippen molar-refractivity contribution in [2.45, 2.75) is 19.3 Å². The van der Waals surface area contributed by atoms with E-state index in [2.05, 4.69) is 0 Å². The van der Waals surface area contributed by atoms with Gasteiger partial charge in [0, 0.05) is 30.5 Å². The zero-order chi connectivity index (χ0) is 13.2. The highest BCUT2D eigenvalue weighted by Crippen LogP contribution is 2.23. The van der Waals surface area contributed by atoms with Crippen molar-refractivity contribution >= 4 is 27.1 Å². The van der Waals surface area contributed by atoms with Gasteiger partial charge in [0.25, 0.3) is 0 Å². The Morgan fingerprint density at radius 2 is 2.33 bits per heavy atom. The van der Waals surface area contributed by atoms with Crippen LogP contribution in [0.5, 0.6) is 0 Å². The SMILES string of the molecule is CS(=O)(=O)N1CCCC(CC(=O)c2ccsc2)C1. The van der Waals surface area contributed by atoms with Crippen LogP contribution in [0.15, 0.2) is 16.8 Å². The topological polar surface area (TPSA) is 54.5 Å². The van der Waals surface area contributed by atoms with Gasteiger partial charge < -0.3 is 0 Å². The Bertz CT molecular complexity index is 507. The molecule has 1 unspecified atom stereocenters. The van der Waals surface area contributed by atoms with E-state index in [1.807, 2.05) is 16.8 Å². The Balaban J connectivity index is 1.96. The van der Waals surface area contributed by atoms with Crippen molar-refractivity contribution in [2.24, 2.45) is 5.92 Å². The highest BCUT2D eigenvalue weighted by Gasteiger charge is 2.27. The lowest BCUT2D eigenvalue weighted by Gasteiger charge is -2.30. The summed E-state index contributed by atoms with van der Waals surface area (Å²) < 4.78 is 24.5. The Kier molecular flexibility index (Phi) is 4.19. The van der Waals surface area contributed by atoms with Crippen molar-refractivity contribution in [3.63, 3.8) is 0 Å². The van der Waals surface area contributed by atoms with Crippen LogP contribution in [-0.2, 0) is 10.0 Å². The smallest absolute Gasteiger partial charge is 0.211 e. The predicted octanol–water partition coefficient (Wildman–Crippen LogP) is 1.99. The maximum absolute atomic E-state index is 12.0. The second-order valence-corrected chi connectivity index (χ2v) is 7.53. The summed E-state index contributed by atoms with van der Waals surface area (Å²) in [5, 5.41) is 3.73. The standard InChI is InChI=1S/C12H17NO3S2/c1-18(15,16)13-5-2-3-10(8-13)7-12(14)11-4-6-17-9-11/h4,6,9-10H,2-3,5,7-8H2,1H3.